The van der Waals surface area contributed by atoms with Crippen LogP contribution >= 0.6 is 0 Å². The van der Waals surface area contributed by atoms with Gasteiger partial charge in [0, 0.05) is 0 Å². The summed E-state index contributed by atoms with van der Waals surface area (Å²) >= 11 is 0. The topological polar surface area (TPSA) is 0 Å². The van der Waals surface area contributed by atoms with E-state index < -0.39 is 0 Å². The van der Waals surface area contributed by atoms with E-state index in [1.165, 1.54) is 55.3 Å². The molecule has 5 aromatic carbocycles. The van der Waals surface area contributed by atoms with Crippen molar-refractivity contribution in [3.63, 3.8) is 0 Å². The summed E-state index contributed by atoms with van der Waals surface area (Å²) in [5.74, 6) is 0. The first kappa shape index (κ1) is 16.2. The van der Waals surface area contributed by atoms with Gasteiger partial charge in [-0.05, 0) is 55.3 Å². The predicted molar refractivity (Wildman–Crippen MR) is 126 cm³/mol. The van der Waals surface area contributed by atoms with Gasteiger partial charge >= 0.3 is 0 Å². The maximum atomic E-state index is 6.31. The molecule has 0 N–H and O–H groups in total. The average molecular weight is 376 g/mol. The quantitative estimate of drug-likeness (QED) is 0.286. The third kappa shape index (κ3) is 1.75. The van der Waals surface area contributed by atoms with Crippen molar-refractivity contribution in [2.45, 2.75) is 5.41 Å². The van der Waals surface area contributed by atoms with Gasteiger partial charge in [-0.1, -0.05) is 109 Å². The second-order valence-electron chi connectivity index (χ2n) is 8.36. The van der Waals surface area contributed by atoms with E-state index in [0.717, 1.165) is 5.46 Å². The van der Waals surface area contributed by atoms with Crippen LogP contribution in [0.4, 0.5) is 0 Å². The second-order valence-corrected chi connectivity index (χ2v) is 8.36. The molecule has 5 aromatic rings. The van der Waals surface area contributed by atoms with Crippen molar-refractivity contribution in [2.75, 3.05) is 0 Å². The van der Waals surface area contributed by atoms with Gasteiger partial charge < -0.3 is 0 Å². The van der Waals surface area contributed by atoms with Crippen LogP contribution in [0.1, 0.15) is 22.3 Å². The Labute approximate surface area is 177 Å². The van der Waals surface area contributed by atoms with Crippen molar-refractivity contribution in [1.29, 1.82) is 0 Å². The highest BCUT2D eigenvalue weighted by atomic mass is 14.5. The third-order valence-electron chi connectivity index (χ3n) is 7.00. The fourth-order valence-electron chi connectivity index (χ4n) is 5.95. The van der Waals surface area contributed by atoms with Gasteiger partial charge in [-0.3, -0.25) is 0 Å². The summed E-state index contributed by atoms with van der Waals surface area (Å²) < 4.78 is 0. The highest BCUT2D eigenvalue weighted by Gasteiger charge is 2.49. The van der Waals surface area contributed by atoms with Crippen LogP contribution in [0.5, 0.6) is 0 Å². The maximum absolute atomic E-state index is 6.31. The lowest BCUT2D eigenvalue weighted by molar-refractivity contribution is 0.774. The Hall–Kier alpha value is -3.58. The van der Waals surface area contributed by atoms with E-state index in [1.807, 2.05) is 0 Å². The molecule has 0 saturated carbocycles. The Morgan fingerprint density at radius 2 is 1.03 bits per heavy atom. The summed E-state index contributed by atoms with van der Waals surface area (Å²) in [6.07, 6.45) is 0. The molecular weight excluding hydrogens is 359 g/mol. The highest BCUT2D eigenvalue weighted by molar-refractivity contribution is 6.32. The zero-order valence-corrected chi connectivity index (χ0v) is 16.4. The molecule has 30 heavy (non-hydrogen) atoms. The molecule has 1 heteroatoms. The van der Waals surface area contributed by atoms with Crippen molar-refractivity contribution in [2.24, 2.45) is 0 Å². The van der Waals surface area contributed by atoms with E-state index in [0.29, 0.717) is 0 Å². The number of benzene rings is 5. The van der Waals surface area contributed by atoms with Crippen LogP contribution < -0.4 is 5.46 Å². The van der Waals surface area contributed by atoms with Gasteiger partial charge in [0.05, 0.1) is 5.41 Å². The van der Waals surface area contributed by atoms with E-state index in [9.17, 15) is 0 Å². The van der Waals surface area contributed by atoms with Gasteiger partial charge in [-0.2, -0.15) is 0 Å². The molecule has 0 amide bonds. The molecule has 2 radical (unpaired) electrons. The van der Waals surface area contributed by atoms with Gasteiger partial charge in [-0.15, -0.1) is 0 Å². The molecule has 2 aliphatic carbocycles. The zero-order chi connectivity index (χ0) is 19.9. The zero-order valence-electron chi connectivity index (χ0n) is 16.4. The van der Waals surface area contributed by atoms with Crippen LogP contribution in [0, 0.1) is 0 Å². The van der Waals surface area contributed by atoms with Gasteiger partial charge in [0.1, 0.15) is 7.85 Å². The van der Waals surface area contributed by atoms with Crippen molar-refractivity contribution < 1.29 is 0 Å². The molecule has 7 rings (SSSR count). The fourth-order valence-corrected chi connectivity index (χ4v) is 5.95. The van der Waals surface area contributed by atoms with Crippen molar-refractivity contribution in [3.8, 4) is 22.3 Å². The van der Waals surface area contributed by atoms with Crippen LogP contribution in [0.3, 0.4) is 0 Å². The third-order valence-corrected chi connectivity index (χ3v) is 7.00. The normalized spacial score (nSPS) is 14.4. The first-order valence-corrected chi connectivity index (χ1v) is 10.4. The summed E-state index contributed by atoms with van der Waals surface area (Å²) in [6, 6.07) is 37.6. The molecule has 0 atom stereocenters. The maximum Gasteiger partial charge on any atom is 0.113 e. The second kappa shape index (κ2) is 5.52. The lowest BCUT2D eigenvalue weighted by Gasteiger charge is -2.40. The number of hydrogen-bond donors (Lipinski definition) is 0. The Kier molecular flexibility index (Phi) is 2.99. The molecule has 0 nitrogen and oxygen atoms in total. The van der Waals surface area contributed by atoms with Crippen LogP contribution in [0.15, 0.2) is 103 Å². The highest BCUT2D eigenvalue weighted by Crippen LogP contribution is 2.61. The standard InChI is InChI=1S/C29H17B/c30-19-15-16-26-23(17-19)22-11-5-7-18-8-6-14-27(28(18)22)29(26)24-12-3-1-9-20(24)21-10-2-4-13-25(21)29/h1-17H. The summed E-state index contributed by atoms with van der Waals surface area (Å²) in [5.41, 5.74) is 11.1. The van der Waals surface area contributed by atoms with Gasteiger partial charge in [0.2, 0.25) is 0 Å². The SMILES string of the molecule is [B]c1ccc2c(c1)-c1cccc3cccc(c13)C21c2ccccc2-c2ccccc21. The van der Waals surface area contributed by atoms with Crippen molar-refractivity contribution in [3.05, 3.63) is 125 Å². The number of hydrogen-bond acceptors (Lipinski definition) is 0. The molecule has 0 fully saturated rings. The van der Waals surface area contributed by atoms with E-state index in [4.69, 9.17) is 7.85 Å². The monoisotopic (exact) mass is 376 g/mol. The van der Waals surface area contributed by atoms with E-state index in [1.54, 1.807) is 0 Å². The first-order chi connectivity index (χ1) is 14.8. The molecule has 0 aliphatic heterocycles. The van der Waals surface area contributed by atoms with Gasteiger partial charge in [0.25, 0.3) is 0 Å². The lowest BCUT2D eigenvalue weighted by Crippen LogP contribution is -2.32. The first-order valence-electron chi connectivity index (χ1n) is 10.4. The average Bonchev–Trinajstić information content (AvgIpc) is 3.09. The molecule has 0 aromatic heterocycles. The minimum atomic E-state index is -0.329. The fraction of sp³-hybridized carbons (Fsp3) is 0.0345. The Bertz CT molecular complexity index is 1460. The van der Waals surface area contributed by atoms with Crippen LogP contribution in [0.2, 0.25) is 0 Å². The minimum absolute atomic E-state index is 0.329. The summed E-state index contributed by atoms with van der Waals surface area (Å²) in [5, 5.41) is 2.61. The molecular formula is C29H17B. The molecule has 0 bridgehead atoms. The van der Waals surface area contributed by atoms with E-state index >= 15 is 0 Å². The van der Waals surface area contributed by atoms with E-state index in [-0.39, 0.29) is 5.41 Å². The van der Waals surface area contributed by atoms with Gasteiger partial charge in [-0.25, -0.2) is 0 Å². The molecule has 2 aliphatic rings. The lowest BCUT2D eigenvalue weighted by atomic mass is 9.61. The minimum Gasteiger partial charge on any atom is -0.0960 e. The Morgan fingerprint density at radius 3 is 1.77 bits per heavy atom. The van der Waals surface area contributed by atoms with Crippen LogP contribution in [-0.2, 0) is 5.41 Å². The van der Waals surface area contributed by atoms with E-state index in [2.05, 4.69) is 103 Å². The van der Waals surface area contributed by atoms with Crippen molar-refractivity contribution in [1.82, 2.24) is 0 Å². The molecule has 0 heterocycles. The molecule has 0 saturated heterocycles. The largest absolute Gasteiger partial charge is 0.113 e. The Morgan fingerprint density at radius 1 is 0.467 bits per heavy atom. The number of fused-ring (bicyclic) bond motifs is 9. The Balaban J connectivity index is 1.80. The smallest absolute Gasteiger partial charge is 0.0960 e. The van der Waals surface area contributed by atoms with Crippen molar-refractivity contribution >= 4 is 24.1 Å². The van der Waals surface area contributed by atoms with Gasteiger partial charge in [0.15, 0.2) is 0 Å². The van der Waals surface area contributed by atoms with Crippen LogP contribution in [0.25, 0.3) is 33.0 Å². The van der Waals surface area contributed by atoms with Crippen LogP contribution in [-0.4, -0.2) is 7.85 Å². The number of rotatable bonds is 0. The molecule has 136 valence electrons. The predicted octanol–water partition coefficient (Wildman–Crippen LogP) is 5.98. The summed E-state index contributed by atoms with van der Waals surface area (Å²) in [6.45, 7) is 0. The molecule has 0 unspecified atom stereocenters. The summed E-state index contributed by atoms with van der Waals surface area (Å²) in [7, 11) is 6.31. The summed E-state index contributed by atoms with van der Waals surface area (Å²) in [4.78, 5) is 0. The molecule has 1 spiro atoms.